The highest BCUT2D eigenvalue weighted by Crippen LogP contribution is 2.24. The zero-order valence-corrected chi connectivity index (χ0v) is 17.4. The Labute approximate surface area is 178 Å². The van der Waals surface area contributed by atoms with E-state index in [1.54, 1.807) is 29.2 Å². The van der Waals surface area contributed by atoms with Crippen molar-refractivity contribution in [2.75, 3.05) is 26.2 Å². The molecule has 0 saturated carbocycles. The van der Waals surface area contributed by atoms with E-state index in [1.165, 1.54) is 0 Å². The standard InChI is InChI=1S/C21H20Cl2N4O2/c1-13(19-24-18-5-3-2-4-16(18)20(28)25-19)26-8-10-27(11-9-26)21(29)15-7-6-14(22)12-17(15)23/h2-7,12-13H,8-11H2,1H3,(H,24,25,28). The summed E-state index contributed by atoms with van der Waals surface area (Å²) in [5, 5.41) is 1.44. The lowest BCUT2D eigenvalue weighted by Gasteiger charge is -2.37. The zero-order chi connectivity index (χ0) is 20.5. The SMILES string of the molecule is CC(c1nc2ccccc2c(=O)[nH]1)N1CCN(C(=O)c2ccc(Cl)cc2Cl)CC1. The number of carbonyl (C=O) groups excluding carboxylic acids is 1. The van der Waals surface area contributed by atoms with Crippen molar-refractivity contribution in [3.05, 3.63) is 74.3 Å². The molecule has 8 heteroatoms. The second-order valence-corrected chi connectivity index (χ2v) is 7.94. The molecule has 2 heterocycles. The monoisotopic (exact) mass is 430 g/mol. The number of carbonyl (C=O) groups is 1. The van der Waals surface area contributed by atoms with Crippen LogP contribution in [0, 0.1) is 0 Å². The second-order valence-electron chi connectivity index (χ2n) is 7.10. The van der Waals surface area contributed by atoms with Crippen molar-refractivity contribution in [1.82, 2.24) is 19.8 Å². The number of aromatic nitrogens is 2. The number of piperazine rings is 1. The lowest BCUT2D eigenvalue weighted by Crippen LogP contribution is -2.49. The van der Waals surface area contributed by atoms with Crippen molar-refractivity contribution >= 4 is 40.0 Å². The maximum atomic E-state index is 12.8. The van der Waals surface area contributed by atoms with Gasteiger partial charge in [0, 0.05) is 31.2 Å². The highest BCUT2D eigenvalue weighted by Gasteiger charge is 2.27. The molecule has 1 aromatic heterocycles. The van der Waals surface area contributed by atoms with Crippen molar-refractivity contribution in [3.8, 4) is 0 Å². The molecule has 1 atom stereocenters. The maximum absolute atomic E-state index is 12.8. The summed E-state index contributed by atoms with van der Waals surface area (Å²) in [6, 6.07) is 12.1. The van der Waals surface area contributed by atoms with Gasteiger partial charge >= 0.3 is 0 Å². The van der Waals surface area contributed by atoms with E-state index >= 15 is 0 Å². The first-order valence-corrected chi connectivity index (χ1v) is 10.2. The van der Waals surface area contributed by atoms with Gasteiger partial charge < -0.3 is 9.88 Å². The molecule has 4 rings (SSSR count). The fourth-order valence-corrected chi connectivity index (χ4v) is 4.11. The number of hydrogen-bond acceptors (Lipinski definition) is 4. The van der Waals surface area contributed by atoms with Crippen LogP contribution in [0.4, 0.5) is 0 Å². The van der Waals surface area contributed by atoms with Crippen LogP contribution in [0.1, 0.15) is 29.1 Å². The van der Waals surface area contributed by atoms with Gasteiger partial charge in [-0.3, -0.25) is 14.5 Å². The molecule has 0 spiro atoms. The van der Waals surface area contributed by atoms with Gasteiger partial charge in [-0.05, 0) is 37.3 Å². The molecule has 0 radical (unpaired) electrons. The van der Waals surface area contributed by atoms with Gasteiger partial charge in [0.1, 0.15) is 5.82 Å². The minimum Gasteiger partial charge on any atom is -0.336 e. The number of nitrogens with zero attached hydrogens (tertiary/aromatic N) is 3. The van der Waals surface area contributed by atoms with Crippen LogP contribution < -0.4 is 5.56 Å². The van der Waals surface area contributed by atoms with Crippen LogP contribution in [-0.2, 0) is 0 Å². The zero-order valence-electron chi connectivity index (χ0n) is 15.9. The third-order valence-electron chi connectivity index (χ3n) is 5.34. The van der Waals surface area contributed by atoms with Gasteiger partial charge in [0.15, 0.2) is 0 Å². The average molecular weight is 431 g/mol. The maximum Gasteiger partial charge on any atom is 0.258 e. The number of benzene rings is 2. The Morgan fingerprint density at radius 2 is 1.83 bits per heavy atom. The molecule has 1 saturated heterocycles. The van der Waals surface area contributed by atoms with Crippen LogP contribution in [-0.4, -0.2) is 51.9 Å². The van der Waals surface area contributed by atoms with Crippen LogP contribution in [0.25, 0.3) is 10.9 Å². The van der Waals surface area contributed by atoms with Crippen LogP contribution in [0.2, 0.25) is 10.0 Å². The summed E-state index contributed by atoms with van der Waals surface area (Å²) in [5.74, 6) is 0.533. The molecule has 1 N–H and O–H groups in total. The summed E-state index contributed by atoms with van der Waals surface area (Å²) >= 11 is 12.1. The molecular weight excluding hydrogens is 411 g/mol. The highest BCUT2D eigenvalue weighted by atomic mass is 35.5. The molecule has 1 fully saturated rings. The highest BCUT2D eigenvalue weighted by molar-refractivity contribution is 6.36. The smallest absolute Gasteiger partial charge is 0.258 e. The van der Waals surface area contributed by atoms with Gasteiger partial charge in [-0.1, -0.05) is 35.3 Å². The van der Waals surface area contributed by atoms with Gasteiger partial charge in [-0.25, -0.2) is 4.98 Å². The summed E-state index contributed by atoms with van der Waals surface area (Å²) in [6.07, 6.45) is 0. The molecule has 6 nitrogen and oxygen atoms in total. The van der Waals surface area contributed by atoms with Gasteiger partial charge in [0.2, 0.25) is 0 Å². The van der Waals surface area contributed by atoms with Crippen LogP contribution in [0.15, 0.2) is 47.3 Å². The number of H-pyrrole nitrogens is 1. The quantitative estimate of drug-likeness (QED) is 0.686. The predicted molar refractivity (Wildman–Crippen MR) is 115 cm³/mol. The van der Waals surface area contributed by atoms with Crippen LogP contribution in [0.5, 0.6) is 0 Å². The minimum atomic E-state index is -0.136. The van der Waals surface area contributed by atoms with Crippen molar-refractivity contribution in [2.45, 2.75) is 13.0 Å². The molecule has 0 bridgehead atoms. The van der Waals surface area contributed by atoms with Crippen molar-refractivity contribution in [2.24, 2.45) is 0 Å². The number of rotatable bonds is 3. The Morgan fingerprint density at radius 3 is 2.55 bits per heavy atom. The Bertz CT molecular complexity index is 1120. The van der Waals surface area contributed by atoms with E-state index in [9.17, 15) is 9.59 Å². The lowest BCUT2D eigenvalue weighted by atomic mass is 10.1. The molecule has 1 aliphatic heterocycles. The average Bonchev–Trinajstić information content (AvgIpc) is 2.73. The number of aromatic amines is 1. The molecule has 1 amide bonds. The Hall–Kier alpha value is -2.41. The minimum absolute atomic E-state index is 0.0660. The third kappa shape index (κ3) is 4.01. The molecule has 29 heavy (non-hydrogen) atoms. The summed E-state index contributed by atoms with van der Waals surface area (Å²) in [7, 11) is 0. The van der Waals surface area contributed by atoms with Crippen LogP contribution >= 0.6 is 23.2 Å². The molecule has 1 aliphatic rings. The van der Waals surface area contributed by atoms with Gasteiger partial charge in [-0.2, -0.15) is 0 Å². The van der Waals surface area contributed by atoms with E-state index in [0.717, 1.165) is 0 Å². The second kappa shape index (κ2) is 8.14. The molecule has 150 valence electrons. The molecule has 1 unspecified atom stereocenters. The van der Waals surface area contributed by atoms with Gasteiger partial charge in [-0.15, -0.1) is 0 Å². The summed E-state index contributed by atoms with van der Waals surface area (Å²) in [4.78, 5) is 36.7. The molecular formula is C21H20Cl2N4O2. The topological polar surface area (TPSA) is 69.3 Å². The van der Waals surface area contributed by atoms with E-state index in [4.69, 9.17) is 23.2 Å². The number of halogens is 2. The molecule has 3 aromatic rings. The van der Waals surface area contributed by atoms with E-state index in [2.05, 4.69) is 14.9 Å². The fraction of sp³-hybridized carbons (Fsp3) is 0.286. The number of nitrogens with one attached hydrogen (secondary N) is 1. The van der Waals surface area contributed by atoms with Gasteiger partial charge in [0.05, 0.1) is 27.5 Å². The van der Waals surface area contributed by atoms with Crippen molar-refractivity contribution in [3.63, 3.8) is 0 Å². The first kappa shape index (κ1) is 19.9. The lowest BCUT2D eigenvalue weighted by molar-refractivity contribution is 0.0575. The third-order valence-corrected chi connectivity index (χ3v) is 5.89. The predicted octanol–water partition coefficient (Wildman–Crippen LogP) is 3.75. The fourth-order valence-electron chi connectivity index (χ4n) is 3.62. The largest absolute Gasteiger partial charge is 0.336 e. The first-order valence-electron chi connectivity index (χ1n) is 9.41. The van der Waals surface area contributed by atoms with E-state index in [1.807, 2.05) is 25.1 Å². The normalized spacial score (nSPS) is 16.2. The number of amides is 1. The Morgan fingerprint density at radius 1 is 1.10 bits per heavy atom. The first-order chi connectivity index (χ1) is 13.9. The Balaban J connectivity index is 1.47. The Kier molecular flexibility index (Phi) is 5.58. The summed E-state index contributed by atoms with van der Waals surface area (Å²) in [5.41, 5.74) is 1.01. The summed E-state index contributed by atoms with van der Waals surface area (Å²) in [6.45, 7) is 4.50. The molecule has 0 aliphatic carbocycles. The number of para-hydroxylation sites is 1. The van der Waals surface area contributed by atoms with Crippen LogP contribution in [0.3, 0.4) is 0 Å². The van der Waals surface area contributed by atoms with Gasteiger partial charge in [0.25, 0.3) is 11.5 Å². The number of hydrogen-bond donors (Lipinski definition) is 1. The summed E-state index contributed by atoms with van der Waals surface area (Å²) < 4.78 is 0. The van der Waals surface area contributed by atoms with E-state index in [-0.39, 0.29) is 17.5 Å². The molecule has 2 aromatic carbocycles. The van der Waals surface area contributed by atoms with E-state index < -0.39 is 0 Å². The number of fused-ring (bicyclic) bond motifs is 1. The van der Waals surface area contributed by atoms with Crippen molar-refractivity contribution < 1.29 is 4.79 Å². The van der Waals surface area contributed by atoms with Crippen molar-refractivity contribution in [1.29, 1.82) is 0 Å². The van der Waals surface area contributed by atoms with E-state index in [0.29, 0.717) is 58.5 Å².